The molecule has 2 rings (SSSR count). The number of methoxy groups -OCH3 is 1. The number of esters is 1. The molecular formula is C14H16N2O2. The van der Waals surface area contributed by atoms with E-state index in [2.05, 4.69) is 17.7 Å². The number of benzene rings is 1. The van der Waals surface area contributed by atoms with Crippen molar-refractivity contribution >= 4 is 16.9 Å². The van der Waals surface area contributed by atoms with Gasteiger partial charge < -0.3 is 4.74 Å². The molecule has 0 aliphatic rings. The first kappa shape index (κ1) is 12.2. The Balaban J connectivity index is 2.36. The van der Waals surface area contributed by atoms with Gasteiger partial charge in [-0.25, -0.2) is 4.79 Å². The van der Waals surface area contributed by atoms with Crippen LogP contribution in [0.1, 0.15) is 5.56 Å². The quantitative estimate of drug-likeness (QED) is 0.613. The summed E-state index contributed by atoms with van der Waals surface area (Å²) in [6.07, 6.45) is 5.11. The third-order valence-electron chi connectivity index (χ3n) is 2.86. The van der Waals surface area contributed by atoms with Crippen LogP contribution in [0.25, 0.3) is 10.9 Å². The maximum atomic E-state index is 11.1. The number of hydrogen-bond donors (Lipinski definition) is 0. The van der Waals surface area contributed by atoms with E-state index >= 15 is 0 Å². The minimum Gasteiger partial charge on any atom is -0.466 e. The van der Waals surface area contributed by atoms with Gasteiger partial charge in [0, 0.05) is 30.9 Å². The summed E-state index contributed by atoms with van der Waals surface area (Å²) in [6, 6.07) is 8.14. The lowest BCUT2D eigenvalue weighted by molar-refractivity contribution is -0.134. The molecule has 0 saturated carbocycles. The van der Waals surface area contributed by atoms with Gasteiger partial charge in [0.05, 0.1) is 12.6 Å². The second kappa shape index (κ2) is 4.96. The summed E-state index contributed by atoms with van der Waals surface area (Å²) < 4.78 is 6.56. The summed E-state index contributed by atoms with van der Waals surface area (Å²) in [5.41, 5.74) is 2.30. The second-order valence-electron chi connectivity index (χ2n) is 4.09. The zero-order valence-corrected chi connectivity index (χ0v) is 10.8. The van der Waals surface area contributed by atoms with Crippen LogP contribution in [-0.4, -0.2) is 24.8 Å². The smallest absolute Gasteiger partial charge is 0.332 e. The zero-order chi connectivity index (χ0) is 13.1. The Hall–Kier alpha value is -2.23. The average Bonchev–Trinajstić information content (AvgIpc) is 2.74. The highest BCUT2D eigenvalue weighted by Crippen LogP contribution is 2.20. The number of rotatable bonds is 3. The molecule has 0 amide bonds. The second-order valence-corrected chi connectivity index (χ2v) is 4.09. The maximum Gasteiger partial charge on any atom is 0.332 e. The van der Waals surface area contributed by atoms with Crippen molar-refractivity contribution in [3.05, 3.63) is 48.3 Å². The average molecular weight is 244 g/mol. The molecule has 0 spiro atoms. The molecule has 94 valence electrons. The third-order valence-corrected chi connectivity index (χ3v) is 2.86. The van der Waals surface area contributed by atoms with Gasteiger partial charge in [-0.05, 0) is 18.6 Å². The number of aryl methyl sites for hydroxylation is 1. The molecule has 1 heterocycles. The number of hydrogen-bond acceptors (Lipinski definition) is 3. The molecule has 4 nitrogen and oxygen atoms in total. The van der Waals surface area contributed by atoms with Crippen LogP contribution in [0.15, 0.2) is 42.7 Å². The van der Waals surface area contributed by atoms with E-state index in [4.69, 9.17) is 0 Å². The number of aromatic nitrogens is 1. The van der Waals surface area contributed by atoms with E-state index in [1.165, 1.54) is 24.1 Å². The van der Waals surface area contributed by atoms with Crippen molar-refractivity contribution in [1.29, 1.82) is 0 Å². The molecule has 0 atom stereocenters. The van der Waals surface area contributed by atoms with E-state index in [1.54, 1.807) is 6.20 Å². The fraction of sp³-hybridized carbons (Fsp3) is 0.214. The SMILES string of the molecule is COC(=O)/C=C/N(C)n1cc(C)c2ccccc21. The fourth-order valence-corrected chi connectivity index (χ4v) is 1.90. The van der Waals surface area contributed by atoms with Gasteiger partial charge >= 0.3 is 5.97 Å². The minimum atomic E-state index is -0.366. The van der Waals surface area contributed by atoms with Crippen molar-refractivity contribution in [2.45, 2.75) is 6.92 Å². The van der Waals surface area contributed by atoms with Crippen molar-refractivity contribution in [2.75, 3.05) is 19.2 Å². The van der Waals surface area contributed by atoms with Crippen LogP contribution in [0.3, 0.4) is 0 Å². The fourth-order valence-electron chi connectivity index (χ4n) is 1.90. The van der Waals surface area contributed by atoms with Crippen molar-refractivity contribution < 1.29 is 9.53 Å². The molecule has 0 unspecified atom stereocenters. The molecule has 0 saturated heterocycles. The summed E-state index contributed by atoms with van der Waals surface area (Å²) in [4.78, 5) is 11.1. The number of para-hydroxylation sites is 1. The van der Waals surface area contributed by atoms with E-state index in [9.17, 15) is 4.79 Å². The lowest BCUT2D eigenvalue weighted by Gasteiger charge is -2.16. The summed E-state index contributed by atoms with van der Waals surface area (Å²) in [6.45, 7) is 2.07. The molecule has 4 heteroatoms. The number of carbonyl (C=O) groups excluding carboxylic acids is 1. The first-order valence-corrected chi connectivity index (χ1v) is 5.69. The van der Waals surface area contributed by atoms with Crippen LogP contribution in [0.2, 0.25) is 0 Å². The highest BCUT2D eigenvalue weighted by Gasteiger charge is 2.06. The molecule has 0 fully saturated rings. The maximum absolute atomic E-state index is 11.1. The molecule has 1 aromatic heterocycles. The first-order valence-electron chi connectivity index (χ1n) is 5.69. The number of fused-ring (bicyclic) bond motifs is 1. The summed E-state index contributed by atoms with van der Waals surface area (Å²) in [7, 11) is 3.24. The van der Waals surface area contributed by atoms with E-state index < -0.39 is 0 Å². The Morgan fingerprint density at radius 2 is 2.11 bits per heavy atom. The minimum absolute atomic E-state index is 0.366. The van der Waals surface area contributed by atoms with Gasteiger partial charge in [-0.15, -0.1) is 0 Å². The van der Waals surface area contributed by atoms with Gasteiger partial charge in [0.1, 0.15) is 0 Å². The van der Waals surface area contributed by atoms with Gasteiger partial charge in [-0.2, -0.15) is 0 Å². The van der Waals surface area contributed by atoms with E-state index in [0.29, 0.717) is 0 Å². The van der Waals surface area contributed by atoms with Crippen LogP contribution in [0.5, 0.6) is 0 Å². The molecule has 0 aliphatic carbocycles. The van der Waals surface area contributed by atoms with Gasteiger partial charge in [0.25, 0.3) is 0 Å². The summed E-state index contributed by atoms with van der Waals surface area (Å²) >= 11 is 0. The predicted octanol–water partition coefficient (Wildman–Crippen LogP) is 2.20. The van der Waals surface area contributed by atoms with Crippen LogP contribution >= 0.6 is 0 Å². The third kappa shape index (κ3) is 2.22. The molecular weight excluding hydrogens is 228 g/mol. The lowest BCUT2D eigenvalue weighted by atomic mass is 10.2. The standard InChI is InChI=1S/C14H16N2O2/c1-11-10-16(13-7-5-4-6-12(11)13)15(2)9-8-14(17)18-3/h4-10H,1-3H3/b9-8+. The van der Waals surface area contributed by atoms with Crippen molar-refractivity contribution in [2.24, 2.45) is 0 Å². The van der Waals surface area contributed by atoms with Crippen LogP contribution in [-0.2, 0) is 9.53 Å². The number of carbonyl (C=O) groups is 1. The van der Waals surface area contributed by atoms with Crippen molar-refractivity contribution in [3.63, 3.8) is 0 Å². The predicted molar refractivity (Wildman–Crippen MR) is 72.0 cm³/mol. The first-order chi connectivity index (χ1) is 8.63. The normalized spacial score (nSPS) is 11.1. The Labute approximate surface area is 106 Å². The number of ether oxygens (including phenoxy) is 1. The topological polar surface area (TPSA) is 34.5 Å². The molecule has 2 aromatic rings. The van der Waals surface area contributed by atoms with Gasteiger partial charge in [0.2, 0.25) is 0 Å². The molecule has 0 N–H and O–H groups in total. The molecule has 0 radical (unpaired) electrons. The Kier molecular flexibility index (Phi) is 3.37. The highest BCUT2D eigenvalue weighted by atomic mass is 16.5. The van der Waals surface area contributed by atoms with E-state index in [-0.39, 0.29) is 5.97 Å². The van der Waals surface area contributed by atoms with Crippen LogP contribution < -0.4 is 5.01 Å². The van der Waals surface area contributed by atoms with Gasteiger partial charge in [-0.3, -0.25) is 9.69 Å². The largest absolute Gasteiger partial charge is 0.466 e. The van der Waals surface area contributed by atoms with Crippen LogP contribution in [0, 0.1) is 6.92 Å². The zero-order valence-electron chi connectivity index (χ0n) is 10.8. The van der Waals surface area contributed by atoms with Crippen LogP contribution in [0.4, 0.5) is 0 Å². The lowest BCUT2D eigenvalue weighted by Crippen LogP contribution is -2.23. The van der Waals surface area contributed by atoms with Crippen molar-refractivity contribution in [1.82, 2.24) is 4.68 Å². The molecule has 0 bridgehead atoms. The highest BCUT2D eigenvalue weighted by molar-refractivity contribution is 5.84. The van der Waals surface area contributed by atoms with E-state index in [1.807, 2.05) is 41.1 Å². The molecule has 18 heavy (non-hydrogen) atoms. The summed E-state index contributed by atoms with van der Waals surface area (Å²) in [5.74, 6) is -0.366. The van der Waals surface area contributed by atoms with Crippen molar-refractivity contribution in [3.8, 4) is 0 Å². The van der Waals surface area contributed by atoms with Gasteiger partial charge in [0.15, 0.2) is 0 Å². The van der Waals surface area contributed by atoms with E-state index in [0.717, 1.165) is 5.52 Å². The molecule has 1 aromatic carbocycles. The Morgan fingerprint density at radius 3 is 2.83 bits per heavy atom. The number of nitrogens with zero attached hydrogens (tertiary/aromatic N) is 2. The molecule has 0 aliphatic heterocycles. The summed E-state index contributed by atoms with van der Waals surface area (Å²) in [5, 5.41) is 3.04. The Bertz CT molecular complexity index is 599. The monoisotopic (exact) mass is 244 g/mol. The van der Waals surface area contributed by atoms with Gasteiger partial charge in [-0.1, -0.05) is 18.2 Å². The Morgan fingerprint density at radius 1 is 1.39 bits per heavy atom.